The van der Waals surface area contributed by atoms with E-state index in [2.05, 4.69) is 26.6 Å². The van der Waals surface area contributed by atoms with E-state index in [4.69, 9.17) is 0 Å². The third-order valence-electron chi connectivity index (χ3n) is 2.73. The summed E-state index contributed by atoms with van der Waals surface area (Å²) < 4.78 is 1.08. The predicted octanol–water partition coefficient (Wildman–Crippen LogP) is 2.13. The van der Waals surface area contributed by atoms with Crippen LogP contribution in [-0.4, -0.2) is 19.0 Å². The van der Waals surface area contributed by atoms with Crippen molar-refractivity contribution in [2.75, 3.05) is 13.1 Å². The molecule has 0 radical (unpaired) electrons. The minimum Gasteiger partial charge on any atom is -0.351 e. The summed E-state index contributed by atoms with van der Waals surface area (Å²) >= 11 is 5.06. The summed E-state index contributed by atoms with van der Waals surface area (Å²) in [5.74, 6) is 0.328. The summed E-state index contributed by atoms with van der Waals surface area (Å²) in [6.07, 6.45) is 2.11. The number of amides is 1. The van der Waals surface area contributed by atoms with Crippen LogP contribution in [-0.2, 0) is 11.3 Å². The topological polar surface area (TPSA) is 41.1 Å². The van der Waals surface area contributed by atoms with E-state index in [1.807, 2.05) is 11.4 Å². The number of carbonyl (C=O) groups excluding carboxylic acids is 1. The molecule has 0 aliphatic carbocycles. The largest absolute Gasteiger partial charge is 0.351 e. The van der Waals surface area contributed by atoms with Crippen LogP contribution in [0, 0.1) is 5.92 Å². The molecule has 88 valence electrons. The molecule has 2 rings (SSSR count). The Bertz CT molecular complexity index is 361. The predicted molar refractivity (Wildman–Crippen MR) is 69.5 cm³/mol. The fourth-order valence-corrected chi connectivity index (χ4v) is 3.23. The molecule has 1 atom stereocenters. The molecule has 5 heteroatoms. The first-order valence-electron chi connectivity index (χ1n) is 5.47. The van der Waals surface area contributed by atoms with Gasteiger partial charge in [0.1, 0.15) is 0 Å². The highest BCUT2D eigenvalue weighted by Gasteiger charge is 2.20. The van der Waals surface area contributed by atoms with Crippen LogP contribution in [0.1, 0.15) is 17.7 Å². The maximum Gasteiger partial charge on any atom is 0.224 e. The number of hydrogen-bond acceptors (Lipinski definition) is 3. The number of carbonyl (C=O) groups is 1. The van der Waals surface area contributed by atoms with Crippen LogP contribution < -0.4 is 10.6 Å². The number of piperidine rings is 1. The highest BCUT2D eigenvalue weighted by Crippen LogP contribution is 2.19. The van der Waals surface area contributed by atoms with Gasteiger partial charge < -0.3 is 10.6 Å². The van der Waals surface area contributed by atoms with Gasteiger partial charge >= 0.3 is 0 Å². The van der Waals surface area contributed by atoms with Gasteiger partial charge in [0.2, 0.25) is 5.91 Å². The van der Waals surface area contributed by atoms with Crippen molar-refractivity contribution >= 4 is 33.2 Å². The molecule has 16 heavy (non-hydrogen) atoms. The van der Waals surface area contributed by atoms with Crippen molar-refractivity contribution in [3.05, 3.63) is 20.8 Å². The van der Waals surface area contributed by atoms with Crippen LogP contribution in [0.25, 0.3) is 0 Å². The average molecular weight is 303 g/mol. The maximum absolute atomic E-state index is 11.8. The van der Waals surface area contributed by atoms with Crippen LogP contribution in [0.15, 0.2) is 15.9 Å². The van der Waals surface area contributed by atoms with E-state index < -0.39 is 0 Å². The summed E-state index contributed by atoms with van der Waals surface area (Å²) in [5.41, 5.74) is 0. The molecule has 1 fully saturated rings. The third-order valence-corrected chi connectivity index (χ3v) is 4.42. The van der Waals surface area contributed by atoms with Gasteiger partial charge in [0, 0.05) is 21.3 Å². The van der Waals surface area contributed by atoms with Crippen molar-refractivity contribution < 1.29 is 4.79 Å². The summed E-state index contributed by atoms with van der Waals surface area (Å²) in [7, 11) is 0. The Morgan fingerprint density at radius 1 is 1.69 bits per heavy atom. The van der Waals surface area contributed by atoms with Gasteiger partial charge in [-0.1, -0.05) is 0 Å². The molecule has 1 aromatic rings. The highest BCUT2D eigenvalue weighted by molar-refractivity contribution is 9.10. The van der Waals surface area contributed by atoms with Gasteiger partial charge in [-0.25, -0.2) is 0 Å². The molecule has 0 spiro atoms. The quantitative estimate of drug-likeness (QED) is 0.898. The standard InChI is InChI=1S/C11H15BrN2OS/c12-9-4-10(16-7-9)6-14-11(15)8-2-1-3-13-5-8/h4,7-8,13H,1-3,5-6H2,(H,14,15)/t8-/m1/s1. The fourth-order valence-electron chi connectivity index (χ4n) is 1.84. The molecule has 0 bridgehead atoms. The number of nitrogens with one attached hydrogen (secondary N) is 2. The van der Waals surface area contributed by atoms with Crippen molar-refractivity contribution in [3.8, 4) is 0 Å². The lowest BCUT2D eigenvalue weighted by Crippen LogP contribution is -2.40. The van der Waals surface area contributed by atoms with E-state index in [9.17, 15) is 4.79 Å². The average Bonchev–Trinajstić information content (AvgIpc) is 2.73. The third kappa shape index (κ3) is 3.30. The van der Waals surface area contributed by atoms with Crippen molar-refractivity contribution in [1.29, 1.82) is 0 Å². The lowest BCUT2D eigenvalue weighted by molar-refractivity contribution is -0.125. The van der Waals surface area contributed by atoms with Gasteiger partial charge in [-0.15, -0.1) is 11.3 Å². The lowest BCUT2D eigenvalue weighted by atomic mass is 9.99. The first-order valence-corrected chi connectivity index (χ1v) is 7.14. The molecule has 3 nitrogen and oxygen atoms in total. The van der Waals surface area contributed by atoms with Gasteiger partial charge in [0.15, 0.2) is 0 Å². The van der Waals surface area contributed by atoms with Crippen molar-refractivity contribution in [3.63, 3.8) is 0 Å². The highest BCUT2D eigenvalue weighted by atomic mass is 79.9. The first-order chi connectivity index (χ1) is 7.75. The minimum absolute atomic E-state index is 0.150. The summed E-state index contributed by atoms with van der Waals surface area (Å²) in [6.45, 7) is 2.51. The Hall–Kier alpha value is -0.390. The second-order valence-corrected chi connectivity index (χ2v) is 5.90. The monoisotopic (exact) mass is 302 g/mol. The molecule has 1 saturated heterocycles. The van der Waals surface area contributed by atoms with E-state index in [1.165, 1.54) is 4.88 Å². The molecule has 1 amide bonds. The Morgan fingerprint density at radius 3 is 3.19 bits per heavy atom. The van der Waals surface area contributed by atoms with Crippen LogP contribution in [0.2, 0.25) is 0 Å². The van der Waals surface area contributed by atoms with Crippen LogP contribution in [0.3, 0.4) is 0 Å². The Balaban J connectivity index is 1.78. The molecular formula is C11H15BrN2OS. The van der Waals surface area contributed by atoms with E-state index in [0.29, 0.717) is 6.54 Å². The van der Waals surface area contributed by atoms with E-state index in [1.54, 1.807) is 11.3 Å². The second kappa shape index (κ2) is 5.80. The number of rotatable bonds is 3. The van der Waals surface area contributed by atoms with Crippen LogP contribution in [0.5, 0.6) is 0 Å². The van der Waals surface area contributed by atoms with Crippen LogP contribution >= 0.6 is 27.3 Å². The van der Waals surface area contributed by atoms with E-state index >= 15 is 0 Å². The Labute approximate surface area is 108 Å². The summed E-state index contributed by atoms with van der Waals surface area (Å²) in [6, 6.07) is 2.05. The van der Waals surface area contributed by atoms with Gasteiger partial charge in [0.05, 0.1) is 12.5 Å². The van der Waals surface area contributed by atoms with E-state index in [0.717, 1.165) is 30.4 Å². The SMILES string of the molecule is O=C(NCc1cc(Br)cs1)[C@@H]1CCCNC1. The van der Waals surface area contributed by atoms with Gasteiger partial charge in [-0.3, -0.25) is 4.79 Å². The molecule has 1 aromatic heterocycles. The van der Waals surface area contributed by atoms with Crippen molar-refractivity contribution in [2.45, 2.75) is 19.4 Å². The molecule has 0 saturated carbocycles. The molecule has 0 aromatic carbocycles. The van der Waals surface area contributed by atoms with Gasteiger partial charge in [-0.05, 0) is 41.4 Å². The van der Waals surface area contributed by atoms with Gasteiger partial charge in [0.25, 0.3) is 0 Å². The lowest BCUT2D eigenvalue weighted by Gasteiger charge is -2.21. The zero-order valence-corrected chi connectivity index (χ0v) is 11.4. The summed E-state index contributed by atoms with van der Waals surface area (Å²) in [5, 5.41) is 8.28. The maximum atomic E-state index is 11.8. The van der Waals surface area contributed by atoms with Gasteiger partial charge in [-0.2, -0.15) is 0 Å². The number of hydrogen-bond donors (Lipinski definition) is 2. The molecular weight excluding hydrogens is 288 g/mol. The second-order valence-electron chi connectivity index (χ2n) is 3.99. The first kappa shape index (κ1) is 12.1. The molecule has 2 heterocycles. The molecule has 0 unspecified atom stereocenters. The zero-order chi connectivity index (χ0) is 11.4. The van der Waals surface area contributed by atoms with Crippen LogP contribution in [0.4, 0.5) is 0 Å². The molecule has 2 N–H and O–H groups in total. The van der Waals surface area contributed by atoms with Crippen molar-refractivity contribution in [1.82, 2.24) is 10.6 Å². The Morgan fingerprint density at radius 2 is 2.56 bits per heavy atom. The number of halogens is 1. The summed E-state index contributed by atoms with van der Waals surface area (Å²) in [4.78, 5) is 13.0. The molecule has 1 aliphatic rings. The fraction of sp³-hybridized carbons (Fsp3) is 0.545. The Kier molecular flexibility index (Phi) is 4.37. The molecule has 1 aliphatic heterocycles. The zero-order valence-electron chi connectivity index (χ0n) is 8.96. The smallest absolute Gasteiger partial charge is 0.224 e. The minimum atomic E-state index is 0.150. The van der Waals surface area contributed by atoms with Crippen molar-refractivity contribution in [2.24, 2.45) is 5.92 Å². The normalized spacial score (nSPS) is 20.7. The number of thiophene rings is 1. The van der Waals surface area contributed by atoms with E-state index in [-0.39, 0.29) is 11.8 Å².